The van der Waals surface area contributed by atoms with Gasteiger partial charge < -0.3 is 10.2 Å². The molecule has 1 aliphatic rings. The second-order valence-corrected chi connectivity index (χ2v) is 5.78. The fraction of sp³-hybridized carbons (Fsp3) is 0.500. The van der Waals surface area contributed by atoms with Gasteiger partial charge in [-0.3, -0.25) is 9.59 Å². The van der Waals surface area contributed by atoms with E-state index in [1.165, 1.54) is 6.42 Å². The fourth-order valence-corrected chi connectivity index (χ4v) is 2.58. The van der Waals surface area contributed by atoms with Gasteiger partial charge in [0.15, 0.2) is 0 Å². The highest BCUT2D eigenvalue weighted by Crippen LogP contribution is 2.10. The molecular weight excluding hydrogens is 288 g/mol. The average molecular weight is 309 g/mol. The minimum Gasteiger partial charge on any atom is -0.355 e. The molecule has 1 saturated heterocycles. The van der Waals surface area contributed by atoms with Gasteiger partial charge in [0, 0.05) is 24.7 Å². The molecule has 2 amide bonds. The van der Waals surface area contributed by atoms with Gasteiger partial charge in [-0.1, -0.05) is 23.7 Å². The molecule has 1 heterocycles. The van der Waals surface area contributed by atoms with Crippen LogP contribution in [0.1, 0.15) is 31.2 Å². The third-order valence-corrected chi connectivity index (χ3v) is 3.92. The van der Waals surface area contributed by atoms with E-state index < -0.39 is 0 Å². The van der Waals surface area contributed by atoms with Crippen molar-refractivity contribution in [3.63, 3.8) is 0 Å². The summed E-state index contributed by atoms with van der Waals surface area (Å²) < 4.78 is 0. The van der Waals surface area contributed by atoms with Crippen molar-refractivity contribution in [1.82, 2.24) is 10.2 Å². The van der Waals surface area contributed by atoms with Crippen LogP contribution in [-0.4, -0.2) is 36.3 Å². The molecule has 0 atom stereocenters. The molecule has 5 heteroatoms. The van der Waals surface area contributed by atoms with E-state index in [9.17, 15) is 9.59 Å². The van der Waals surface area contributed by atoms with Crippen LogP contribution in [0.25, 0.3) is 0 Å². The second kappa shape index (κ2) is 8.03. The second-order valence-electron chi connectivity index (χ2n) is 5.34. The summed E-state index contributed by atoms with van der Waals surface area (Å²) >= 11 is 5.82. The van der Waals surface area contributed by atoms with Gasteiger partial charge >= 0.3 is 0 Å². The molecule has 1 fully saturated rings. The third-order valence-electron chi connectivity index (χ3n) is 3.67. The smallest absolute Gasteiger partial charge is 0.232 e. The quantitative estimate of drug-likeness (QED) is 0.849. The van der Waals surface area contributed by atoms with Crippen LogP contribution < -0.4 is 5.32 Å². The Hall–Kier alpha value is -1.55. The Morgan fingerprint density at radius 3 is 2.43 bits per heavy atom. The largest absolute Gasteiger partial charge is 0.355 e. The van der Waals surface area contributed by atoms with Crippen molar-refractivity contribution in [3.05, 3.63) is 34.9 Å². The molecule has 1 N–H and O–H groups in total. The number of carbonyl (C=O) groups excluding carboxylic acids is 2. The minimum atomic E-state index is -0.195. The van der Waals surface area contributed by atoms with E-state index in [-0.39, 0.29) is 18.2 Å². The van der Waals surface area contributed by atoms with Crippen molar-refractivity contribution in [1.29, 1.82) is 0 Å². The molecule has 4 nitrogen and oxygen atoms in total. The molecule has 114 valence electrons. The Bertz CT molecular complexity index is 482. The van der Waals surface area contributed by atoms with Gasteiger partial charge in [-0.2, -0.15) is 0 Å². The molecular formula is C16H21ClN2O2. The van der Waals surface area contributed by atoms with Crippen molar-refractivity contribution in [2.45, 2.75) is 32.1 Å². The monoisotopic (exact) mass is 308 g/mol. The number of benzene rings is 1. The van der Waals surface area contributed by atoms with Crippen molar-refractivity contribution < 1.29 is 9.59 Å². The number of piperidine rings is 1. The van der Waals surface area contributed by atoms with Crippen molar-refractivity contribution >= 4 is 23.4 Å². The first-order valence-electron chi connectivity index (χ1n) is 7.44. The lowest BCUT2D eigenvalue weighted by Gasteiger charge is -2.26. The highest BCUT2D eigenvalue weighted by Gasteiger charge is 2.18. The summed E-state index contributed by atoms with van der Waals surface area (Å²) in [5.41, 5.74) is 1.11. The zero-order valence-corrected chi connectivity index (χ0v) is 12.9. The summed E-state index contributed by atoms with van der Waals surface area (Å²) in [6, 6.07) is 7.54. The summed E-state index contributed by atoms with van der Waals surface area (Å²) in [5.74, 6) is -0.252. The van der Waals surface area contributed by atoms with Gasteiger partial charge in [-0.05, 0) is 43.4 Å². The van der Waals surface area contributed by atoms with Gasteiger partial charge in [0.2, 0.25) is 11.8 Å². The highest BCUT2D eigenvalue weighted by atomic mass is 35.5. The Morgan fingerprint density at radius 1 is 1.10 bits per heavy atom. The number of amides is 2. The number of hydrogen-bond donors (Lipinski definition) is 1. The van der Waals surface area contributed by atoms with Crippen LogP contribution in [0.4, 0.5) is 0 Å². The number of nitrogens with one attached hydrogen (secondary N) is 1. The zero-order chi connectivity index (χ0) is 15.1. The Morgan fingerprint density at radius 2 is 1.76 bits per heavy atom. The zero-order valence-electron chi connectivity index (χ0n) is 12.1. The van der Waals surface area contributed by atoms with Gasteiger partial charge in [0.1, 0.15) is 6.42 Å². The molecule has 21 heavy (non-hydrogen) atoms. The van der Waals surface area contributed by atoms with E-state index >= 15 is 0 Å². The molecule has 0 spiro atoms. The fourth-order valence-electron chi connectivity index (χ4n) is 2.45. The number of carbonyl (C=O) groups is 2. The summed E-state index contributed by atoms with van der Waals surface area (Å²) in [6.07, 6.45) is 3.96. The van der Waals surface area contributed by atoms with Crippen LogP contribution in [0.2, 0.25) is 5.02 Å². The molecule has 2 rings (SSSR count). The molecule has 0 bridgehead atoms. The standard InChI is InChI=1S/C16H21ClN2O2/c17-14-6-4-13(5-7-14)8-9-18-15(20)12-16(21)19-10-2-1-3-11-19/h4-7H,1-3,8-12H2,(H,18,20). The topological polar surface area (TPSA) is 49.4 Å². The molecule has 0 saturated carbocycles. The van der Waals surface area contributed by atoms with Crippen LogP contribution in [0.5, 0.6) is 0 Å². The molecule has 0 unspecified atom stereocenters. The Balaban J connectivity index is 1.67. The van der Waals surface area contributed by atoms with E-state index in [2.05, 4.69) is 5.32 Å². The van der Waals surface area contributed by atoms with Gasteiger partial charge in [-0.15, -0.1) is 0 Å². The number of nitrogens with zero attached hydrogens (tertiary/aromatic N) is 1. The molecule has 0 radical (unpaired) electrons. The van der Waals surface area contributed by atoms with E-state index in [1.54, 1.807) is 4.90 Å². The van der Waals surface area contributed by atoms with Gasteiger partial charge in [0.05, 0.1) is 0 Å². The van der Waals surface area contributed by atoms with Gasteiger partial charge in [-0.25, -0.2) is 0 Å². The van der Waals surface area contributed by atoms with Gasteiger partial charge in [0.25, 0.3) is 0 Å². The SMILES string of the molecule is O=C(CC(=O)N1CCCCC1)NCCc1ccc(Cl)cc1. The highest BCUT2D eigenvalue weighted by molar-refractivity contribution is 6.30. The Labute approximate surface area is 130 Å². The summed E-state index contributed by atoms with van der Waals surface area (Å²) in [4.78, 5) is 25.5. The Kier molecular flexibility index (Phi) is 6.05. The van der Waals surface area contributed by atoms with Crippen LogP contribution in [0, 0.1) is 0 Å². The predicted molar refractivity (Wildman–Crippen MR) is 83.2 cm³/mol. The molecule has 0 aliphatic carbocycles. The van der Waals surface area contributed by atoms with Crippen LogP contribution in [0.3, 0.4) is 0 Å². The third kappa shape index (κ3) is 5.38. The maximum atomic E-state index is 11.9. The minimum absolute atomic E-state index is 0.0411. The van der Waals surface area contributed by atoms with E-state index in [0.717, 1.165) is 37.9 Å². The molecule has 0 aromatic heterocycles. The summed E-state index contributed by atoms with van der Waals surface area (Å²) in [5, 5.41) is 3.50. The maximum absolute atomic E-state index is 11.9. The molecule has 1 aromatic rings. The maximum Gasteiger partial charge on any atom is 0.232 e. The van der Waals surface area contributed by atoms with E-state index in [1.807, 2.05) is 24.3 Å². The lowest BCUT2D eigenvalue weighted by molar-refractivity contribution is -0.136. The van der Waals surface area contributed by atoms with Crippen LogP contribution >= 0.6 is 11.6 Å². The van der Waals surface area contributed by atoms with Crippen molar-refractivity contribution in [2.24, 2.45) is 0 Å². The lowest BCUT2D eigenvalue weighted by atomic mass is 10.1. The van der Waals surface area contributed by atoms with Crippen molar-refractivity contribution in [3.8, 4) is 0 Å². The normalized spacial score (nSPS) is 14.8. The van der Waals surface area contributed by atoms with E-state index in [4.69, 9.17) is 11.6 Å². The van der Waals surface area contributed by atoms with E-state index in [0.29, 0.717) is 11.6 Å². The van der Waals surface area contributed by atoms with Crippen LogP contribution in [0.15, 0.2) is 24.3 Å². The first-order valence-corrected chi connectivity index (χ1v) is 7.82. The number of halogens is 1. The number of hydrogen-bond acceptors (Lipinski definition) is 2. The lowest BCUT2D eigenvalue weighted by Crippen LogP contribution is -2.39. The van der Waals surface area contributed by atoms with Crippen LogP contribution in [-0.2, 0) is 16.0 Å². The summed E-state index contributed by atoms with van der Waals surface area (Å²) in [6.45, 7) is 2.11. The summed E-state index contributed by atoms with van der Waals surface area (Å²) in [7, 11) is 0. The molecule has 1 aromatic carbocycles. The first-order chi connectivity index (χ1) is 10.1. The first kappa shape index (κ1) is 15.8. The predicted octanol–water partition coefficient (Wildman–Crippen LogP) is 2.40. The average Bonchev–Trinajstić information content (AvgIpc) is 2.50. The number of rotatable bonds is 5. The number of likely N-dealkylation sites (tertiary alicyclic amines) is 1. The molecule has 1 aliphatic heterocycles. The van der Waals surface area contributed by atoms with Crippen molar-refractivity contribution in [2.75, 3.05) is 19.6 Å².